The smallest absolute Gasteiger partial charge is 0.340 e. The summed E-state index contributed by atoms with van der Waals surface area (Å²) in [5, 5.41) is 3.12. The third-order valence-corrected chi connectivity index (χ3v) is 5.16. The van der Waals surface area contributed by atoms with E-state index in [0.717, 1.165) is 22.6 Å². The lowest BCUT2D eigenvalue weighted by atomic mass is 9.97. The molecule has 0 fully saturated rings. The number of halogens is 1. The summed E-state index contributed by atoms with van der Waals surface area (Å²) in [5.74, 6) is -0.676. The molecule has 4 nitrogen and oxygen atoms in total. The molecule has 1 N–H and O–H groups in total. The molecule has 1 amide bonds. The Morgan fingerprint density at radius 3 is 2.65 bits per heavy atom. The Morgan fingerprint density at radius 1 is 1.23 bits per heavy atom. The topological polar surface area (TPSA) is 55.4 Å². The fraction of sp³-hybridized carbons (Fsp3) is 0.300. The highest BCUT2D eigenvalue weighted by molar-refractivity contribution is 7.98. The van der Waals surface area contributed by atoms with Gasteiger partial charge in [-0.1, -0.05) is 43.6 Å². The summed E-state index contributed by atoms with van der Waals surface area (Å²) in [7, 11) is 0. The number of carbonyl (C=O) groups is 2. The second-order valence-electron chi connectivity index (χ2n) is 5.87. The Bertz CT molecular complexity index is 794. The number of nitrogens with one attached hydrogen (secondary N) is 1. The molecule has 0 aliphatic carbocycles. The van der Waals surface area contributed by atoms with Crippen LogP contribution in [-0.4, -0.2) is 24.7 Å². The summed E-state index contributed by atoms with van der Waals surface area (Å²) in [5.41, 5.74) is 2.06. The first-order valence-electron chi connectivity index (χ1n) is 8.35. The second kappa shape index (κ2) is 9.64. The molecule has 2 aromatic carbocycles. The van der Waals surface area contributed by atoms with Crippen LogP contribution in [0.3, 0.4) is 0 Å². The van der Waals surface area contributed by atoms with Crippen LogP contribution in [0, 0.1) is 0 Å². The van der Waals surface area contributed by atoms with Gasteiger partial charge in [0.2, 0.25) is 0 Å². The number of para-hydroxylation sites is 1. The Hall–Kier alpha value is -1.98. The molecular formula is C20H22ClNO3S. The van der Waals surface area contributed by atoms with Gasteiger partial charge in [-0.25, -0.2) is 4.79 Å². The Balaban J connectivity index is 2.00. The van der Waals surface area contributed by atoms with Crippen LogP contribution < -0.4 is 5.32 Å². The minimum absolute atomic E-state index is 0.256. The van der Waals surface area contributed by atoms with Crippen molar-refractivity contribution in [3.63, 3.8) is 0 Å². The SMILES string of the molecule is CCC(C)c1ccccc1NC(=O)COC(=O)c1cc(SC)ccc1Cl. The molecule has 0 aliphatic heterocycles. The lowest BCUT2D eigenvalue weighted by Crippen LogP contribution is -2.22. The van der Waals surface area contributed by atoms with Crippen molar-refractivity contribution >= 4 is 40.9 Å². The van der Waals surface area contributed by atoms with Crippen molar-refractivity contribution in [2.24, 2.45) is 0 Å². The highest BCUT2D eigenvalue weighted by atomic mass is 35.5. The molecule has 0 aliphatic rings. The van der Waals surface area contributed by atoms with E-state index in [0.29, 0.717) is 10.9 Å². The number of esters is 1. The molecule has 0 aromatic heterocycles. The molecule has 1 atom stereocenters. The van der Waals surface area contributed by atoms with Gasteiger partial charge < -0.3 is 10.1 Å². The Labute approximate surface area is 163 Å². The number of rotatable bonds is 7. The van der Waals surface area contributed by atoms with Crippen LogP contribution in [0.2, 0.25) is 5.02 Å². The summed E-state index contributed by atoms with van der Waals surface area (Å²) in [6, 6.07) is 12.8. The Morgan fingerprint density at radius 2 is 1.96 bits per heavy atom. The normalized spacial score (nSPS) is 11.7. The zero-order valence-corrected chi connectivity index (χ0v) is 16.6. The lowest BCUT2D eigenvalue weighted by molar-refractivity contribution is -0.119. The standard InChI is InChI=1S/C20H22ClNO3S/c1-4-13(2)15-7-5-6-8-18(15)22-19(23)12-25-20(24)16-11-14(26-3)9-10-17(16)21/h5-11,13H,4,12H2,1-3H3,(H,22,23). The molecule has 0 saturated heterocycles. The number of benzene rings is 2. The van der Waals surface area contributed by atoms with E-state index >= 15 is 0 Å². The van der Waals surface area contributed by atoms with Gasteiger partial charge in [-0.2, -0.15) is 0 Å². The molecule has 138 valence electrons. The van der Waals surface area contributed by atoms with Crippen LogP contribution in [0.15, 0.2) is 47.4 Å². The maximum atomic E-state index is 12.2. The van der Waals surface area contributed by atoms with Gasteiger partial charge in [0.25, 0.3) is 5.91 Å². The molecule has 0 spiro atoms. The van der Waals surface area contributed by atoms with Crippen LogP contribution in [0.5, 0.6) is 0 Å². The van der Waals surface area contributed by atoms with E-state index < -0.39 is 5.97 Å². The lowest BCUT2D eigenvalue weighted by Gasteiger charge is -2.15. The third kappa shape index (κ3) is 5.26. The fourth-order valence-corrected chi connectivity index (χ4v) is 3.08. The third-order valence-electron chi connectivity index (χ3n) is 4.11. The minimum Gasteiger partial charge on any atom is -0.452 e. The summed E-state index contributed by atoms with van der Waals surface area (Å²) >= 11 is 7.55. The Kier molecular flexibility index (Phi) is 7.54. The molecule has 6 heteroatoms. The number of hydrogen-bond donors (Lipinski definition) is 1. The van der Waals surface area contributed by atoms with Crippen LogP contribution in [-0.2, 0) is 9.53 Å². The average Bonchev–Trinajstić information content (AvgIpc) is 2.66. The van der Waals surface area contributed by atoms with E-state index in [1.807, 2.05) is 36.6 Å². The highest BCUT2D eigenvalue weighted by Crippen LogP contribution is 2.26. The second-order valence-corrected chi connectivity index (χ2v) is 7.15. The van der Waals surface area contributed by atoms with Gasteiger partial charge in [0.15, 0.2) is 6.61 Å². The van der Waals surface area contributed by atoms with Crippen molar-refractivity contribution < 1.29 is 14.3 Å². The van der Waals surface area contributed by atoms with E-state index in [2.05, 4.69) is 19.2 Å². The fourth-order valence-electron chi connectivity index (χ4n) is 2.44. The largest absolute Gasteiger partial charge is 0.452 e. The van der Waals surface area contributed by atoms with Crippen molar-refractivity contribution in [3.8, 4) is 0 Å². The van der Waals surface area contributed by atoms with Crippen molar-refractivity contribution in [3.05, 3.63) is 58.6 Å². The quantitative estimate of drug-likeness (QED) is 0.509. The molecule has 0 bridgehead atoms. The number of anilines is 1. The molecule has 26 heavy (non-hydrogen) atoms. The van der Waals surface area contributed by atoms with Gasteiger partial charge in [-0.15, -0.1) is 11.8 Å². The predicted molar refractivity (Wildman–Crippen MR) is 107 cm³/mol. The first kappa shape index (κ1) is 20.3. The molecular weight excluding hydrogens is 370 g/mol. The first-order chi connectivity index (χ1) is 12.5. The summed E-state index contributed by atoms with van der Waals surface area (Å²) in [6.07, 6.45) is 2.87. The number of hydrogen-bond acceptors (Lipinski definition) is 4. The van der Waals surface area contributed by atoms with Gasteiger partial charge in [0.05, 0.1) is 10.6 Å². The van der Waals surface area contributed by atoms with Crippen LogP contribution in [0.25, 0.3) is 0 Å². The molecule has 2 aromatic rings. The molecule has 0 heterocycles. The van der Waals surface area contributed by atoms with Crippen LogP contribution in [0.4, 0.5) is 5.69 Å². The minimum atomic E-state index is -0.615. The zero-order valence-electron chi connectivity index (χ0n) is 15.0. The van der Waals surface area contributed by atoms with E-state index in [9.17, 15) is 9.59 Å². The molecule has 2 rings (SSSR count). The van der Waals surface area contributed by atoms with E-state index in [4.69, 9.17) is 16.3 Å². The van der Waals surface area contributed by atoms with Crippen molar-refractivity contribution in [2.45, 2.75) is 31.1 Å². The van der Waals surface area contributed by atoms with Gasteiger partial charge >= 0.3 is 5.97 Å². The van der Waals surface area contributed by atoms with Crippen LogP contribution in [0.1, 0.15) is 42.1 Å². The molecule has 0 saturated carbocycles. The number of amides is 1. The van der Waals surface area contributed by atoms with E-state index in [1.165, 1.54) is 11.8 Å². The van der Waals surface area contributed by atoms with Gasteiger partial charge in [0, 0.05) is 10.6 Å². The molecule has 0 radical (unpaired) electrons. The highest BCUT2D eigenvalue weighted by Gasteiger charge is 2.16. The van der Waals surface area contributed by atoms with Gasteiger partial charge in [-0.3, -0.25) is 4.79 Å². The summed E-state index contributed by atoms with van der Waals surface area (Å²) in [4.78, 5) is 25.3. The average molecular weight is 392 g/mol. The van der Waals surface area contributed by atoms with Gasteiger partial charge in [-0.05, 0) is 48.4 Å². The first-order valence-corrected chi connectivity index (χ1v) is 9.96. The number of carbonyl (C=O) groups excluding carboxylic acids is 2. The number of thioether (sulfide) groups is 1. The molecule has 1 unspecified atom stereocenters. The number of ether oxygens (including phenoxy) is 1. The maximum Gasteiger partial charge on any atom is 0.340 e. The van der Waals surface area contributed by atoms with Gasteiger partial charge in [0.1, 0.15) is 0 Å². The van der Waals surface area contributed by atoms with E-state index in [-0.39, 0.29) is 18.1 Å². The monoisotopic (exact) mass is 391 g/mol. The summed E-state index contributed by atoms with van der Waals surface area (Å²) < 4.78 is 5.12. The zero-order chi connectivity index (χ0) is 19.1. The maximum absolute atomic E-state index is 12.2. The van der Waals surface area contributed by atoms with Crippen molar-refractivity contribution in [1.82, 2.24) is 0 Å². The van der Waals surface area contributed by atoms with Crippen molar-refractivity contribution in [2.75, 3.05) is 18.2 Å². The predicted octanol–water partition coefficient (Wildman–Crippen LogP) is 5.37. The van der Waals surface area contributed by atoms with E-state index in [1.54, 1.807) is 12.1 Å². The van der Waals surface area contributed by atoms with Crippen molar-refractivity contribution in [1.29, 1.82) is 0 Å². The van der Waals surface area contributed by atoms with Crippen LogP contribution >= 0.6 is 23.4 Å². The summed E-state index contributed by atoms with van der Waals surface area (Å²) in [6.45, 7) is 3.83.